The average Bonchev–Trinajstić information content (AvgIpc) is 2.53. The van der Waals surface area contributed by atoms with Crippen molar-refractivity contribution in [1.82, 2.24) is 15.2 Å². The summed E-state index contributed by atoms with van der Waals surface area (Å²) in [6.45, 7) is 6.04. The molecule has 12 heavy (non-hydrogen) atoms. The molecular formula is C9H13N3. The number of rotatable bonds is 0. The van der Waals surface area contributed by atoms with Crippen molar-refractivity contribution in [1.29, 1.82) is 0 Å². The Morgan fingerprint density at radius 3 is 2.50 bits per heavy atom. The van der Waals surface area contributed by atoms with Gasteiger partial charge in [0.2, 0.25) is 0 Å². The van der Waals surface area contributed by atoms with Crippen LogP contribution in [-0.2, 0) is 0 Å². The molecule has 0 aliphatic rings. The molecule has 0 aliphatic heterocycles. The van der Waals surface area contributed by atoms with Gasteiger partial charge in [0.15, 0.2) is 0 Å². The van der Waals surface area contributed by atoms with Gasteiger partial charge in [-0.05, 0) is 12.5 Å². The van der Waals surface area contributed by atoms with Gasteiger partial charge in [-0.2, -0.15) is 10.2 Å². The molecule has 0 atom stereocenters. The van der Waals surface area contributed by atoms with Crippen LogP contribution in [0.15, 0.2) is 18.6 Å². The predicted molar refractivity (Wildman–Crippen MR) is 50.0 cm³/mol. The van der Waals surface area contributed by atoms with Gasteiger partial charge in [0, 0.05) is 11.6 Å². The lowest BCUT2D eigenvalue weighted by Gasteiger charge is -1.85. The molecule has 0 spiro atoms. The minimum Gasteiger partial charge on any atom is -0.360 e. The van der Waals surface area contributed by atoms with Gasteiger partial charge < -0.3 is 4.98 Å². The number of aryl methyl sites for hydroxylation is 1. The van der Waals surface area contributed by atoms with Gasteiger partial charge >= 0.3 is 0 Å². The second-order valence-corrected chi connectivity index (χ2v) is 2.29. The topological polar surface area (TPSA) is 41.6 Å². The molecule has 0 unspecified atom stereocenters. The summed E-state index contributed by atoms with van der Waals surface area (Å²) < 4.78 is 0. The number of nitrogens with one attached hydrogen (secondary N) is 1. The highest BCUT2D eigenvalue weighted by Gasteiger charge is 1.96. The number of fused-ring (bicyclic) bond motifs is 1. The number of hydrogen-bond donors (Lipinski definition) is 1. The van der Waals surface area contributed by atoms with E-state index >= 15 is 0 Å². The van der Waals surface area contributed by atoms with Gasteiger partial charge in [-0.3, -0.25) is 0 Å². The van der Waals surface area contributed by atoms with E-state index in [1.165, 1.54) is 5.56 Å². The molecule has 0 aromatic carbocycles. The maximum atomic E-state index is 3.78. The van der Waals surface area contributed by atoms with E-state index in [1.54, 1.807) is 12.4 Å². The van der Waals surface area contributed by atoms with Gasteiger partial charge in [-0.1, -0.05) is 13.8 Å². The third-order valence-corrected chi connectivity index (χ3v) is 1.60. The Labute approximate surface area is 71.8 Å². The van der Waals surface area contributed by atoms with Crippen LogP contribution in [0.2, 0.25) is 0 Å². The summed E-state index contributed by atoms with van der Waals surface area (Å²) in [4.78, 5) is 3.09. The van der Waals surface area contributed by atoms with E-state index in [0.29, 0.717) is 0 Å². The Morgan fingerprint density at radius 2 is 1.83 bits per heavy atom. The molecule has 0 amide bonds. The lowest BCUT2D eigenvalue weighted by Crippen LogP contribution is -1.77. The molecule has 0 fully saturated rings. The Kier molecular flexibility index (Phi) is 2.80. The molecule has 2 rings (SSSR count). The van der Waals surface area contributed by atoms with Crippen molar-refractivity contribution in [2.24, 2.45) is 0 Å². The van der Waals surface area contributed by atoms with Gasteiger partial charge in [0.05, 0.1) is 17.9 Å². The maximum Gasteiger partial charge on any atom is 0.0737 e. The van der Waals surface area contributed by atoms with Crippen molar-refractivity contribution in [3.05, 3.63) is 24.2 Å². The van der Waals surface area contributed by atoms with Crippen molar-refractivity contribution in [3.63, 3.8) is 0 Å². The highest BCUT2D eigenvalue weighted by atomic mass is 15.1. The highest BCUT2D eigenvalue weighted by Crippen LogP contribution is 2.12. The van der Waals surface area contributed by atoms with Crippen molar-refractivity contribution < 1.29 is 0 Å². The van der Waals surface area contributed by atoms with Crippen molar-refractivity contribution >= 4 is 10.9 Å². The molecule has 2 heterocycles. The van der Waals surface area contributed by atoms with E-state index in [0.717, 1.165) is 10.9 Å². The molecule has 2 aromatic rings. The third kappa shape index (κ3) is 1.44. The fourth-order valence-electron chi connectivity index (χ4n) is 1.01. The second-order valence-electron chi connectivity index (χ2n) is 2.29. The number of aromatic nitrogens is 3. The van der Waals surface area contributed by atoms with Crippen molar-refractivity contribution in [2.45, 2.75) is 20.8 Å². The van der Waals surface area contributed by atoms with Crippen LogP contribution in [0.5, 0.6) is 0 Å². The standard InChI is InChI=1S/C7H7N3.C2H6/c1-5-2-8-7-4-10-9-3-6(5)7;1-2/h2-4,8H,1H3;1-2H3. The van der Waals surface area contributed by atoms with E-state index in [-0.39, 0.29) is 0 Å². The summed E-state index contributed by atoms with van der Waals surface area (Å²) in [6.07, 6.45) is 5.44. The summed E-state index contributed by atoms with van der Waals surface area (Å²) in [5.74, 6) is 0. The number of hydrogen-bond acceptors (Lipinski definition) is 2. The lowest BCUT2D eigenvalue weighted by molar-refractivity contribution is 1.05. The molecule has 0 radical (unpaired) electrons. The fraction of sp³-hybridized carbons (Fsp3) is 0.333. The summed E-state index contributed by atoms with van der Waals surface area (Å²) in [7, 11) is 0. The first kappa shape index (κ1) is 8.71. The quantitative estimate of drug-likeness (QED) is 0.647. The van der Waals surface area contributed by atoms with Crippen LogP contribution in [0.3, 0.4) is 0 Å². The summed E-state index contributed by atoms with van der Waals surface area (Å²) >= 11 is 0. The van der Waals surface area contributed by atoms with E-state index in [1.807, 2.05) is 27.0 Å². The first-order valence-corrected chi connectivity index (χ1v) is 4.12. The lowest BCUT2D eigenvalue weighted by atomic mass is 10.3. The van der Waals surface area contributed by atoms with Gasteiger partial charge in [0.25, 0.3) is 0 Å². The zero-order valence-corrected chi connectivity index (χ0v) is 7.63. The zero-order chi connectivity index (χ0) is 8.97. The molecular weight excluding hydrogens is 150 g/mol. The number of aromatic amines is 1. The van der Waals surface area contributed by atoms with Gasteiger partial charge in [0.1, 0.15) is 0 Å². The Bertz CT molecular complexity index is 351. The second kappa shape index (κ2) is 3.85. The van der Waals surface area contributed by atoms with E-state index in [9.17, 15) is 0 Å². The van der Waals surface area contributed by atoms with Crippen LogP contribution >= 0.6 is 0 Å². The molecule has 2 aromatic heterocycles. The molecule has 3 nitrogen and oxygen atoms in total. The molecule has 0 bridgehead atoms. The van der Waals surface area contributed by atoms with Crippen molar-refractivity contribution in [3.8, 4) is 0 Å². The Balaban J connectivity index is 0.000000336. The molecule has 1 N–H and O–H groups in total. The molecule has 0 saturated carbocycles. The molecule has 3 heteroatoms. The van der Waals surface area contributed by atoms with Crippen LogP contribution in [0.4, 0.5) is 0 Å². The largest absolute Gasteiger partial charge is 0.360 e. The normalized spacial score (nSPS) is 9.25. The number of H-pyrrole nitrogens is 1. The van der Waals surface area contributed by atoms with Crippen LogP contribution in [0, 0.1) is 6.92 Å². The van der Waals surface area contributed by atoms with E-state index in [4.69, 9.17) is 0 Å². The Morgan fingerprint density at radius 1 is 1.17 bits per heavy atom. The van der Waals surface area contributed by atoms with E-state index < -0.39 is 0 Å². The third-order valence-electron chi connectivity index (χ3n) is 1.60. The molecule has 64 valence electrons. The SMILES string of the molecule is CC.Cc1c[nH]c2cnncc12. The van der Waals surface area contributed by atoms with Crippen LogP contribution in [0.25, 0.3) is 10.9 Å². The van der Waals surface area contributed by atoms with E-state index in [2.05, 4.69) is 15.2 Å². The smallest absolute Gasteiger partial charge is 0.0737 e. The van der Waals surface area contributed by atoms with Crippen LogP contribution < -0.4 is 0 Å². The van der Waals surface area contributed by atoms with Crippen molar-refractivity contribution in [2.75, 3.05) is 0 Å². The van der Waals surface area contributed by atoms with Gasteiger partial charge in [-0.25, -0.2) is 0 Å². The minimum absolute atomic E-state index is 1.05. The van der Waals surface area contributed by atoms with Gasteiger partial charge in [-0.15, -0.1) is 0 Å². The molecule has 0 aliphatic carbocycles. The fourth-order valence-corrected chi connectivity index (χ4v) is 1.01. The maximum absolute atomic E-state index is 3.78. The highest BCUT2D eigenvalue weighted by molar-refractivity contribution is 5.80. The first-order chi connectivity index (χ1) is 5.88. The Hall–Kier alpha value is -1.38. The predicted octanol–water partition coefficient (Wildman–Crippen LogP) is 2.29. The van der Waals surface area contributed by atoms with Crippen LogP contribution in [0.1, 0.15) is 19.4 Å². The van der Waals surface area contributed by atoms with Crippen LogP contribution in [-0.4, -0.2) is 15.2 Å². The summed E-state index contributed by atoms with van der Waals surface area (Å²) in [5.41, 5.74) is 2.26. The monoisotopic (exact) mass is 163 g/mol. The molecule has 0 saturated heterocycles. The first-order valence-electron chi connectivity index (χ1n) is 4.12. The minimum atomic E-state index is 1.05. The summed E-state index contributed by atoms with van der Waals surface area (Å²) in [6, 6.07) is 0. The average molecular weight is 163 g/mol. The zero-order valence-electron chi connectivity index (χ0n) is 7.63. The summed E-state index contributed by atoms with van der Waals surface area (Å²) in [5, 5.41) is 8.67. The number of nitrogens with zero attached hydrogens (tertiary/aromatic N) is 2.